The molecule has 2 heterocycles. The van der Waals surface area contributed by atoms with Gasteiger partial charge in [0.15, 0.2) is 0 Å². The predicted molar refractivity (Wildman–Crippen MR) is 90.5 cm³/mol. The van der Waals surface area contributed by atoms with Gasteiger partial charge in [-0.25, -0.2) is 0 Å². The molecule has 3 aromatic rings. The third kappa shape index (κ3) is 3.54. The number of para-hydroxylation sites is 1. The average molecular weight is 363 g/mol. The molecule has 0 spiro atoms. The maximum Gasteiger partial charge on any atom is 0.220 e. The minimum atomic E-state index is 0.0878. The monoisotopic (exact) mass is 362 g/mol. The molecule has 1 amide bonds. The summed E-state index contributed by atoms with van der Waals surface area (Å²) in [5, 5.41) is 6.19. The number of benzene rings is 1. The Morgan fingerprint density at radius 1 is 1.33 bits per heavy atom. The Bertz CT molecular complexity index is 762. The van der Waals surface area contributed by atoms with Crippen LogP contribution >= 0.6 is 27.3 Å². The van der Waals surface area contributed by atoms with E-state index in [2.05, 4.69) is 32.3 Å². The highest BCUT2D eigenvalue weighted by atomic mass is 79.9. The first kappa shape index (κ1) is 14.4. The Morgan fingerprint density at radius 3 is 3.00 bits per heavy atom. The molecule has 0 saturated carbocycles. The van der Waals surface area contributed by atoms with Gasteiger partial charge in [0.2, 0.25) is 5.91 Å². The number of nitrogens with one attached hydrogen (secondary N) is 2. The van der Waals surface area contributed by atoms with Crippen LogP contribution in [0.25, 0.3) is 10.9 Å². The van der Waals surface area contributed by atoms with E-state index in [1.54, 1.807) is 11.3 Å². The molecule has 0 fully saturated rings. The van der Waals surface area contributed by atoms with Gasteiger partial charge in [0.1, 0.15) is 0 Å². The summed E-state index contributed by atoms with van der Waals surface area (Å²) in [4.78, 5) is 16.3. The maximum atomic E-state index is 11.9. The van der Waals surface area contributed by atoms with Gasteiger partial charge in [-0.05, 0) is 40.0 Å². The Morgan fingerprint density at radius 2 is 2.19 bits per heavy atom. The molecular weight excluding hydrogens is 348 g/mol. The van der Waals surface area contributed by atoms with Crippen LogP contribution in [0.4, 0.5) is 0 Å². The minimum Gasteiger partial charge on any atom is -0.361 e. The molecule has 0 aliphatic rings. The number of aromatic amines is 1. The zero-order valence-electron chi connectivity index (χ0n) is 11.4. The van der Waals surface area contributed by atoms with Crippen LogP contribution in [0.3, 0.4) is 0 Å². The van der Waals surface area contributed by atoms with Crippen LogP contribution in [0.15, 0.2) is 46.4 Å². The van der Waals surface area contributed by atoms with Crippen molar-refractivity contribution in [3.63, 3.8) is 0 Å². The van der Waals surface area contributed by atoms with E-state index in [1.165, 1.54) is 10.9 Å². The first-order valence-corrected chi connectivity index (χ1v) is 8.44. The molecule has 21 heavy (non-hydrogen) atoms. The van der Waals surface area contributed by atoms with Crippen LogP contribution in [0, 0.1) is 0 Å². The van der Waals surface area contributed by atoms with Gasteiger partial charge in [0.05, 0.1) is 6.54 Å². The zero-order chi connectivity index (χ0) is 14.7. The first-order valence-electron chi connectivity index (χ1n) is 6.77. The van der Waals surface area contributed by atoms with Crippen LogP contribution in [-0.2, 0) is 17.8 Å². The molecule has 2 aromatic heterocycles. The molecule has 0 bridgehead atoms. The molecule has 1 aromatic carbocycles. The first-order chi connectivity index (χ1) is 10.2. The van der Waals surface area contributed by atoms with Gasteiger partial charge in [-0.2, -0.15) is 0 Å². The summed E-state index contributed by atoms with van der Waals surface area (Å²) >= 11 is 5.06. The predicted octanol–water partition coefficient (Wildman–Crippen LogP) is 4.24. The van der Waals surface area contributed by atoms with Crippen molar-refractivity contribution < 1.29 is 4.79 Å². The largest absolute Gasteiger partial charge is 0.361 e. The molecule has 2 N–H and O–H groups in total. The molecule has 0 unspecified atom stereocenters. The topological polar surface area (TPSA) is 44.9 Å². The number of rotatable bonds is 5. The minimum absolute atomic E-state index is 0.0878. The fraction of sp³-hybridized carbons (Fsp3) is 0.188. The molecule has 0 radical (unpaired) electrons. The molecule has 108 valence electrons. The second kappa shape index (κ2) is 6.45. The number of thiophene rings is 1. The summed E-state index contributed by atoms with van der Waals surface area (Å²) in [6.07, 6.45) is 3.26. The Labute approximate surface area is 135 Å². The molecule has 0 saturated heterocycles. The number of aromatic nitrogens is 1. The van der Waals surface area contributed by atoms with Gasteiger partial charge in [0.25, 0.3) is 0 Å². The highest BCUT2D eigenvalue weighted by Crippen LogP contribution is 2.20. The van der Waals surface area contributed by atoms with Gasteiger partial charge in [-0.15, -0.1) is 11.3 Å². The Balaban J connectivity index is 1.54. The summed E-state index contributed by atoms with van der Waals surface area (Å²) in [5.74, 6) is 0.0878. The van der Waals surface area contributed by atoms with E-state index in [1.807, 2.05) is 35.8 Å². The van der Waals surface area contributed by atoms with E-state index in [4.69, 9.17) is 0 Å². The fourth-order valence-corrected chi connectivity index (χ4v) is 3.70. The number of aryl methyl sites for hydroxylation is 1. The summed E-state index contributed by atoms with van der Waals surface area (Å²) in [6.45, 7) is 0.600. The molecular formula is C16H15BrN2OS. The van der Waals surface area contributed by atoms with Crippen molar-refractivity contribution in [2.24, 2.45) is 0 Å². The van der Waals surface area contributed by atoms with Gasteiger partial charge < -0.3 is 10.3 Å². The van der Waals surface area contributed by atoms with Crippen LogP contribution < -0.4 is 5.32 Å². The fourth-order valence-electron chi connectivity index (χ4n) is 2.31. The van der Waals surface area contributed by atoms with E-state index in [0.717, 1.165) is 21.3 Å². The second-order valence-corrected chi connectivity index (χ2v) is 6.78. The van der Waals surface area contributed by atoms with Crippen LogP contribution in [0.1, 0.15) is 16.9 Å². The van der Waals surface area contributed by atoms with E-state index in [9.17, 15) is 4.79 Å². The third-order valence-corrected chi connectivity index (χ3v) is 5.08. The number of fused-ring (bicyclic) bond motifs is 1. The number of hydrogen-bond donors (Lipinski definition) is 2. The van der Waals surface area contributed by atoms with E-state index < -0.39 is 0 Å². The van der Waals surface area contributed by atoms with Crippen molar-refractivity contribution >= 4 is 44.1 Å². The van der Waals surface area contributed by atoms with Crippen molar-refractivity contribution in [2.45, 2.75) is 19.4 Å². The van der Waals surface area contributed by atoms with Crippen LogP contribution in [-0.4, -0.2) is 10.9 Å². The van der Waals surface area contributed by atoms with Gasteiger partial charge in [0, 0.05) is 38.3 Å². The van der Waals surface area contributed by atoms with Crippen molar-refractivity contribution in [3.8, 4) is 0 Å². The van der Waals surface area contributed by atoms with Crippen molar-refractivity contribution in [1.82, 2.24) is 10.3 Å². The molecule has 5 heteroatoms. The van der Waals surface area contributed by atoms with E-state index in [0.29, 0.717) is 13.0 Å². The lowest BCUT2D eigenvalue weighted by Crippen LogP contribution is -2.22. The molecule has 3 nitrogen and oxygen atoms in total. The van der Waals surface area contributed by atoms with Crippen LogP contribution in [0.5, 0.6) is 0 Å². The lowest BCUT2D eigenvalue weighted by atomic mass is 10.1. The Hall–Kier alpha value is -1.59. The van der Waals surface area contributed by atoms with E-state index in [-0.39, 0.29) is 5.91 Å². The third-order valence-electron chi connectivity index (χ3n) is 3.38. The zero-order valence-corrected chi connectivity index (χ0v) is 13.8. The summed E-state index contributed by atoms with van der Waals surface area (Å²) < 4.78 is 1.07. The molecule has 0 atom stereocenters. The normalized spacial score (nSPS) is 10.9. The van der Waals surface area contributed by atoms with Crippen molar-refractivity contribution in [1.29, 1.82) is 0 Å². The van der Waals surface area contributed by atoms with Gasteiger partial charge in [-0.1, -0.05) is 18.2 Å². The number of amides is 1. The lowest BCUT2D eigenvalue weighted by Gasteiger charge is -2.03. The van der Waals surface area contributed by atoms with Crippen molar-refractivity contribution in [3.05, 3.63) is 56.8 Å². The average Bonchev–Trinajstić information content (AvgIpc) is 3.09. The quantitative estimate of drug-likeness (QED) is 0.700. The highest BCUT2D eigenvalue weighted by molar-refractivity contribution is 9.10. The number of H-pyrrole nitrogens is 1. The SMILES string of the molecule is O=C(CCc1c[nH]c2ccccc12)NCc1cc(Br)cs1. The number of hydrogen-bond acceptors (Lipinski definition) is 2. The van der Waals surface area contributed by atoms with Crippen LogP contribution in [0.2, 0.25) is 0 Å². The smallest absolute Gasteiger partial charge is 0.220 e. The Kier molecular flexibility index (Phi) is 4.41. The number of halogens is 1. The van der Waals surface area contributed by atoms with E-state index >= 15 is 0 Å². The summed E-state index contributed by atoms with van der Waals surface area (Å²) in [5.41, 5.74) is 2.32. The maximum absolute atomic E-state index is 11.9. The molecule has 0 aliphatic heterocycles. The molecule has 0 aliphatic carbocycles. The standard InChI is InChI=1S/C16H15BrN2OS/c17-12-7-13(21-10-12)9-19-16(20)6-5-11-8-18-15-4-2-1-3-14(11)15/h1-4,7-8,10,18H,5-6,9H2,(H,19,20). The number of carbonyl (C=O) groups is 1. The summed E-state index contributed by atoms with van der Waals surface area (Å²) in [6, 6.07) is 10.2. The van der Waals surface area contributed by atoms with Crippen molar-refractivity contribution in [2.75, 3.05) is 0 Å². The van der Waals surface area contributed by atoms with Gasteiger partial charge >= 0.3 is 0 Å². The highest BCUT2D eigenvalue weighted by Gasteiger charge is 2.07. The second-order valence-electron chi connectivity index (χ2n) is 4.87. The van der Waals surface area contributed by atoms with Gasteiger partial charge in [-0.3, -0.25) is 4.79 Å². The molecule has 3 rings (SSSR count). The lowest BCUT2D eigenvalue weighted by molar-refractivity contribution is -0.121. The summed E-state index contributed by atoms with van der Waals surface area (Å²) in [7, 11) is 0. The number of carbonyl (C=O) groups excluding carboxylic acids is 1.